The Morgan fingerprint density at radius 1 is 1.38 bits per heavy atom. The van der Waals surface area contributed by atoms with Gasteiger partial charge in [0.2, 0.25) is 0 Å². The third kappa shape index (κ3) is 3.48. The molecular weight excluding hydrogens is 202 g/mol. The largest absolute Gasteiger partial charge is 0.466 e. The van der Waals surface area contributed by atoms with E-state index in [-0.39, 0.29) is 11.9 Å². The standard InChI is InChI=1S/C13H25NO2/c1-5-10-7-11(14-9(3)4)8-12(10)13(15)16-6-2/h9-12,14H,5-8H2,1-4H3/t10-,11+,12+/m1/s1. The molecule has 0 saturated heterocycles. The summed E-state index contributed by atoms with van der Waals surface area (Å²) in [7, 11) is 0. The molecule has 0 aromatic carbocycles. The molecule has 3 atom stereocenters. The van der Waals surface area contributed by atoms with Crippen molar-refractivity contribution in [1.29, 1.82) is 0 Å². The van der Waals surface area contributed by atoms with Gasteiger partial charge in [-0.15, -0.1) is 0 Å². The monoisotopic (exact) mass is 227 g/mol. The maximum absolute atomic E-state index is 11.8. The Kier molecular flexibility index (Phi) is 5.26. The topological polar surface area (TPSA) is 38.3 Å². The number of hydrogen-bond acceptors (Lipinski definition) is 3. The molecule has 1 fully saturated rings. The predicted molar refractivity (Wildman–Crippen MR) is 65.2 cm³/mol. The molecule has 1 rings (SSSR count). The lowest BCUT2D eigenvalue weighted by molar-refractivity contribution is -0.149. The predicted octanol–water partition coefficient (Wildman–Crippen LogP) is 2.35. The fourth-order valence-electron chi connectivity index (χ4n) is 2.72. The first-order valence-corrected chi connectivity index (χ1v) is 6.51. The summed E-state index contributed by atoms with van der Waals surface area (Å²) in [6.45, 7) is 8.83. The van der Waals surface area contributed by atoms with Gasteiger partial charge in [0.25, 0.3) is 0 Å². The maximum Gasteiger partial charge on any atom is 0.309 e. The van der Waals surface area contributed by atoms with Crippen LogP contribution in [0.3, 0.4) is 0 Å². The van der Waals surface area contributed by atoms with Gasteiger partial charge in [0.1, 0.15) is 0 Å². The van der Waals surface area contributed by atoms with E-state index in [4.69, 9.17) is 4.74 Å². The van der Waals surface area contributed by atoms with Crippen LogP contribution in [0.1, 0.15) is 47.0 Å². The van der Waals surface area contributed by atoms with Crippen molar-refractivity contribution in [3.8, 4) is 0 Å². The molecule has 0 spiro atoms. The minimum atomic E-state index is 0.00223. The van der Waals surface area contributed by atoms with Crippen molar-refractivity contribution < 1.29 is 9.53 Å². The van der Waals surface area contributed by atoms with E-state index in [1.54, 1.807) is 0 Å². The van der Waals surface area contributed by atoms with Crippen LogP contribution >= 0.6 is 0 Å². The fraction of sp³-hybridized carbons (Fsp3) is 0.923. The van der Waals surface area contributed by atoms with Crippen LogP contribution in [0.4, 0.5) is 0 Å². The molecule has 0 bridgehead atoms. The number of hydrogen-bond donors (Lipinski definition) is 1. The second-order valence-corrected chi connectivity index (χ2v) is 5.02. The summed E-state index contributed by atoms with van der Waals surface area (Å²) in [4.78, 5) is 11.8. The lowest BCUT2D eigenvalue weighted by atomic mass is 9.94. The lowest BCUT2D eigenvalue weighted by Gasteiger charge is -2.15. The molecule has 0 heterocycles. The highest BCUT2D eigenvalue weighted by molar-refractivity contribution is 5.73. The first-order chi connectivity index (χ1) is 7.58. The number of carbonyl (C=O) groups is 1. The molecule has 0 unspecified atom stereocenters. The van der Waals surface area contributed by atoms with Crippen LogP contribution in [0.5, 0.6) is 0 Å². The van der Waals surface area contributed by atoms with E-state index < -0.39 is 0 Å². The minimum Gasteiger partial charge on any atom is -0.466 e. The van der Waals surface area contributed by atoms with Gasteiger partial charge >= 0.3 is 5.97 Å². The number of ether oxygens (including phenoxy) is 1. The summed E-state index contributed by atoms with van der Waals surface area (Å²) >= 11 is 0. The molecule has 1 saturated carbocycles. The van der Waals surface area contributed by atoms with Gasteiger partial charge in [-0.25, -0.2) is 0 Å². The van der Waals surface area contributed by atoms with Crippen molar-refractivity contribution in [2.45, 2.75) is 59.0 Å². The van der Waals surface area contributed by atoms with Crippen LogP contribution in [-0.2, 0) is 9.53 Å². The van der Waals surface area contributed by atoms with E-state index in [1.807, 2.05) is 6.92 Å². The van der Waals surface area contributed by atoms with E-state index in [2.05, 4.69) is 26.1 Å². The first-order valence-electron chi connectivity index (χ1n) is 6.51. The van der Waals surface area contributed by atoms with Gasteiger partial charge in [0.05, 0.1) is 12.5 Å². The maximum atomic E-state index is 11.8. The van der Waals surface area contributed by atoms with Gasteiger partial charge in [-0.1, -0.05) is 27.2 Å². The Bertz CT molecular complexity index is 228. The summed E-state index contributed by atoms with van der Waals surface area (Å²) in [6.07, 6.45) is 3.12. The van der Waals surface area contributed by atoms with Gasteiger partial charge in [0, 0.05) is 12.1 Å². The van der Waals surface area contributed by atoms with Gasteiger partial charge in [0.15, 0.2) is 0 Å². The summed E-state index contributed by atoms with van der Waals surface area (Å²) in [5, 5.41) is 3.53. The van der Waals surface area contributed by atoms with Crippen molar-refractivity contribution >= 4 is 5.97 Å². The molecule has 0 amide bonds. The highest BCUT2D eigenvalue weighted by atomic mass is 16.5. The molecule has 1 aliphatic rings. The Morgan fingerprint density at radius 3 is 2.56 bits per heavy atom. The minimum absolute atomic E-state index is 0.00223. The summed E-state index contributed by atoms with van der Waals surface area (Å²) in [6, 6.07) is 0.975. The Hall–Kier alpha value is -0.570. The molecule has 0 radical (unpaired) electrons. The molecule has 1 N–H and O–H groups in total. The number of nitrogens with one attached hydrogen (secondary N) is 1. The van der Waals surface area contributed by atoms with E-state index in [1.165, 1.54) is 0 Å². The lowest BCUT2D eigenvalue weighted by Crippen LogP contribution is -2.33. The summed E-state index contributed by atoms with van der Waals surface area (Å²) in [5.41, 5.74) is 0. The zero-order valence-electron chi connectivity index (χ0n) is 11.0. The molecule has 0 aromatic rings. The van der Waals surface area contributed by atoms with Gasteiger partial charge in [-0.3, -0.25) is 4.79 Å². The highest BCUT2D eigenvalue weighted by Gasteiger charge is 2.38. The van der Waals surface area contributed by atoms with Crippen LogP contribution in [0, 0.1) is 11.8 Å². The number of esters is 1. The van der Waals surface area contributed by atoms with E-state index in [0.29, 0.717) is 24.6 Å². The normalized spacial score (nSPS) is 29.7. The molecule has 3 nitrogen and oxygen atoms in total. The van der Waals surface area contributed by atoms with Crippen LogP contribution in [0.2, 0.25) is 0 Å². The summed E-state index contributed by atoms with van der Waals surface area (Å²) in [5.74, 6) is 0.610. The molecule has 94 valence electrons. The van der Waals surface area contributed by atoms with Crippen LogP contribution in [-0.4, -0.2) is 24.7 Å². The fourth-order valence-corrected chi connectivity index (χ4v) is 2.72. The zero-order valence-corrected chi connectivity index (χ0v) is 11.0. The van der Waals surface area contributed by atoms with Crippen molar-refractivity contribution in [3.05, 3.63) is 0 Å². The van der Waals surface area contributed by atoms with Crippen molar-refractivity contribution in [2.75, 3.05) is 6.61 Å². The third-order valence-electron chi connectivity index (χ3n) is 3.38. The van der Waals surface area contributed by atoms with Gasteiger partial charge < -0.3 is 10.1 Å². The van der Waals surface area contributed by atoms with Crippen LogP contribution < -0.4 is 5.32 Å². The van der Waals surface area contributed by atoms with E-state index in [9.17, 15) is 4.79 Å². The second kappa shape index (κ2) is 6.24. The molecular formula is C13H25NO2. The molecule has 1 aliphatic carbocycles. The second-order valence-electron chi connectivity index (χ2n) is 5.02. The summed E-state index contributed by atoms with van der Waals surface area (Å²) < 4.78 is 5.14. The smallest absolute Gasteiger partial charge is 0.309 e. The highest BCUT2D eigenvalue weighted by Crippen LogP contribution is 2.35. The van der Waals surface area contributed by atoms with Crippen LogP contribution in [0.25, 0.3) is 0 Å². The average Bonchev–Trinajstić information content (AvgIpc) is 2.60. The van der Waals surface area contributed by atoms with Gasteiger partial charge in [-0.2, -0.15) is 0 Å². The molecule has 16 heavy (non-hydrogen) atoms. The Labute approximate surface area is 98.9 Å². The molecule has 0 aromatic heterocycles. The van der Waals surface area contributed by atoms with Gasteiger partial charge in [-0.05, 0) is 25.7 Å². The number of carbonyl (C=O) groups excluding carboxylic acids is 1. The quantitative estimate of drug-likeness (QED) is 0.733. The van der Waals surface area contributed by atoms with Crippen molar-refractivity contribution in [3.63, 3.8) is 0 Å². The van der Waals surface area contributed by atoms with Crippen molar-refractivity contribution in [1.82, 2.24) is 5.32 Å². The Balaban J connectivity index is 2.53. The molecule has 3 heteroatoms. The molecule has 0 aliphatic heterocycles. The SMILES string of the molecule is CCOC(=O)[C@H]1C[C@@H](NC(C)C)C[C@H]1CC. The van der Waals surface area contributed by atoms with Crippen molar-refractivity contribution in [2.24, 2.45) is 11.8 Å². The first kappa shape index (κ1) is 13.5. The van der Waals surface area contributed by atoms with E-state index >= 15 is 0 Å². The van der Waals surface area contributed by atoms with E-state index in [0.717, 1.165) is 19.3 Å². The number of rotatable bonds is 5. The Morgan fingerprint density at radius 2 is 2.06 bits per heavy atom. The third-order valence-corrected chi connectivity index (χ3v) is 3.38. The zero-order chi connectivity index (χ0) is 12.1. The average molecular weight is 227 g/mol. The van der Waals surface area contributed by atoms with Crippen LogP contribution in [0.15, 0.2) is 0 Å².